The van der Waals surface area contributed by atoms with E-state index in [0.717, 1.165) is 12.1 Å². The van der Waals surface area contributed by atoms with Crippen molar-refractivity contribution in [2.45, 2.75) is 19.4 Å². The van der Waals surface area contributed by atoms with Crippen LogP contribution in [0.15, 0.2) is 35.3 Å². The summed E-state index contributed by atoms with van der Waals surface area (Å²) in [6, 6.07) is 5.95. The number of pyridine rings is 1. The summed E-state index contributed by atoms with van der Waals surface area (Å²) >= 11 is 5.70. The number of hydrogen-bond acceptors (Lipinski definition) is 3. The molecule has 2 heterocycles. The summed E-state index contributed by atoms with van der Waals surface area (Å²) in [5, 5.41) is 2.95. The first kappa shape index (κ1) is 16.5. The van der Waals surface area contributed by atoms with E-state index in [1.54, 1.807) is 13.0 Å². The van der Waals surface area contributed by atoms with Crippen LogP contribution in [0.5, 0.6) is 0 Å². The maximum atomic E-state index is 13.6. The van der Waals surface area contributed by atoms with Gasteiger partial charge in [0.15, 0.2) is 5.43 Å². The number of benzene rings is 1. The SMILES string of the molecule is Cc1cc(=O)c(C(=O)NC2CCN(c3ccc(Cl)c(F)c3)C2)c[nH]1. The Morgan fingerprint density at radius 2 is 2.21 bits per heavy atom. The zero-order valence-corrected chi connectivity index (χ0v) is 13.9. The van der Waals surface area contributed by atoms with Crippen LogP contribution >= 0.6 is 11.6 Å². The lowest BCUT2D eigenvalue weighted by molar-refractivity contribution is 0.0939. The second-order valence-electron chi connectivity index (χ2n) is 5.90. The first-order chi connectivity index (χ1) is 11.4. The Bertz CT molecular complexity index is 837. The number of nitrogens with one attached hydrogen (secondary N) is 2. The fourth-order valence-corrected chi connectivity index (χ4v) is 2.93. The highest BCUT2D eigenvalue weighted by Crippen LogP contribution is 2.25. The first-order valence-electron chi connectivity index (χ1n) is 7.64. The van der Waals surface area contributed by atoms with Gasteiger partial charge in [0, 0.05) is 42.8 Å². The minimum absolute atomic E-state index is 0.0846. The zero-order valence-electron chi connectivity index (χ0n) is 13.1. The van der Waals surface area contributed by atoms with E-state index in [9.17, 15) is 14.0 Å². The predicted molar refractivity (Wildman–Crippen MR) is 91.3 cm³/mol. The monoisotopic (exact) mass is 349 g/mol. The van der Waals surface area contributed by atoms with Gasteiger partial charge in [0.25, 0.3) is 5.91 Å². The molecule has 1 amide bonds. The van der Waals surface area contributed by atoms with E-state index in [-0.39, 0.29) is 22.1 Å². The highest BCUT2D eigenvalue weighted by atomic mass is 35.5. The van der Waals surface area contributed by atoms with Crippen LogP contribution in [-0.4, -0.2) is 30.0 Å². The van der Waals surface area contributed by atoms with Crippen molar-refractivity contribution in [3.05, 3.63) is 62.8 Å². The molecule has 7 heteroatoms. The third-order valence-corrected chi connectivity index (χ3v) is 4.40. The first-order valence-corrected chi connectivity index (χ1v) is 8.02. The molecule has 126 valence electrons. The summed E-state index contributed by atoms with van der Waals surface area (Å²) in [6.07, 6.45) is 2.15. The summed E-state index contributed by atoms with van der Waals surface area (Å²) in [5.41, 5.74) is 1.21. The number of anilines is 1. The van der Waals surface area contributed by atoms with Gasteiger partial charge >= 0.3 is 0 Å². The van der Waals surface area contributed by atoms with Crippen molar-refractivity contribution < 1.29 is 9.18 Å². The van der Waals surface area contributed by atoms with Gasteiger partial charge < -0.3 is 15.2 Å². The minimum Gasteiger partial charge on any atom is -0.369 e. The fourth-order valence-electron chi connectivity index (χ4n) is 2.81. The molecule has 24 heavy (non-hydrogen) atoms. The van der Waals surface area contributed by atoms with Crippen molar-refractivity contribution in [2.24, 2.45) is 0 Å². The number of H-pyrrole nitrogens is 1. The second-order valence-corrected chi connectivity index (χ2v) is 6.30. The Kier molecular flexibility index (Phi) is 4.57. The van der Waals surface area contributed by atoms with Crippen molar-refractivity contribution in [2.75, 3.05) is 18.0 Å². The summed E-state index contributed by atoms with van der Waals surface area (Å²) in [4.78, 5) is 29.0. The molecule has 3 rings (SSSR count). The third-order valence-electron chi connectivity index (χ3n) is 4.09. The van der Waals surface area contributed by atoms with E-state index in [0.29, 0.717) is 18.8 Å². The minimum atomic E-state index is -0.465. The maximum absolute atomic E-state index is 13.6. The summed E-state index contributed by atoms with van der Waals surface area (Å²) in [5.74, 6) is -0.863. The van der Waals surface area contributed by atoms with Crippen LogP contribution < -0.4 is 15.6 Å². The molecule has 1 fully saturated rings. The highest BCUT2D eigenvalue weighted by Gasteiger charge is 2.25. The smallest absolute Gasteiger partial charge is 0.257 e. The van der Waals surface area contributed by atoms with Crippen LogP contribution in [0.2, 0.25) is 5.02 Å². The van der Waals surface area contributed by atoms with Gasteiger partial charge in [-0.1, -0.05) is 11.6 Å². The van der Waals surface area contributed by atoms with Crippen LogP contribution in [0.4, 0.5) is 10.1 Å². The molecule has 1 aromatic carbocycles. The number of nitrogens with zero attached hydrogens (tertiary/aromatic N) is 1. The molecular weight excluding hydrogens is 333 g/mol. The molecule has 5 nitrogen and oxygen atoms in total. The fraction of sp³-hybridized carbons (Fsp3) is 0.294. The van der Waals surface area contributed by atoms with Gasteiger partial charge in [0.05, 0.1) is 5.02 Å². The predicted octanol–water partition coefficient (Wildman–Crippen LogP) is 2.48. The molecule has 0 saturated carbocycles. The van der Waals surface area contributed by atoms with Crippen molar-refractivity contribution in [1.29, 1.82) is 0 Å². The van der Waals surface area contributed by atoms with Crippen LogP contribution in [0.1, 0.15) is 22.5 Å². The van der Waals surface area contributed by atoms with Gasteiger partial charge in [-0.25, -0.2) is 4.39 Å². The molecule has 0 bridgehead atoms. The van der Waals surface area contributed by atoms with Crippen molar-refractivity contribution in [3.8, 4) is 0 Å². The van der Waals surface area contributed by atoms with E-state index in [1.165, 1.54) is 24.4 Å². The molecule has 1 unspecified atom stereocenters. The molecule has 0 spiro atoms. The largest absolute Gasteiger partial charge is 0.369 e. The number of halogens is 2. The Morgan fingerprint density at radius 1 is 1.42 bits per heavy atom. The van der Waals surface area contributed by atoms with Crippen LogP contribution in [-0.2, 0) is 0 Å². The Morgan fingerprint density at radius 3 is 2.92 bits per heavy atom. The molecule has 1 saturated heterocycles. The zero-order chi connectivity index (χ0) is 17.3. The van der Waals surface area contributed by atoms with E-state index in [4.69, 9.17) is 11.6 Å². The molecule has 1 aliphatic heterocycles. The molecular formula is C17H17ClFN3O2. The lowest BCUT2D eigenvalue weighted by atomic mass is 10.2. The van der Waals surface area contributed by atoms with Crippen LogP contribution in [0, 0.1) is 12.7 Å². The second kappa shape index (κ2) is 6.65. The average molecular weight is 350 g/mol. The van der Waals surface area contributed by atoms with Gasteiger partial charge in [0.2, 0.25) is 0 Å². The van der Waals surface area contributed by atoms with Crippen molar-refractivity contribution in [3.63, 3.8) is 0 Å². The van der Waals surface area contributed by atoms with E-state index >= 15 is 0 Å². The highest BCUT2D eigenvalue weighted by molar-refractivity contribution is 6.30. The summed E-state index contributed by atoms with van der Waals surface area (Å²) in [7, 11) is 0. The normalized spacial score (nSPS) is 17.1. The van der Waals surface area contributed by atoms with E-state index in [2.05, 4.69) is 10.3 Å². The number of carbonyl (C=O) groups excluding carboxylic acids is 1. The summed E-state index contributed by atoms with van der Waals surface area (Å²) in [6.45, 7) is 3.00. The number of carbonyl (C=O) groups is 1. The maximum Gasteiger partial charge on any atom is 0.257 e. The Hall–Kier alpha value is -2.34. The van der Waals surface area contributed by atoms with Gasteiger partial charge in [-0.05, 0) is 31.5 Å². The molecule has 2 aromatic rings. The molecule has 2 N–H and O–H groups in total. The van der Waals surface area contributed by atoms with Crippen molar-refractivity contribution >= 4 is 23.2 Å². The molecule has 0 radical (unpaired) electrons. The average Bonchev–Trinajstić information content (AvgIpc) is 2.98. The van der Waals surface area contributed by atoms with Crippen molar-refractivity contribution in [1.82, 2.24) is 10.3 Å². The lowest BCUT2D eigenvalue weighted by Crippen LogP contribution is -2.39. The van der Waals surface area contributed by atoms with Gasteiger partial charge in [0.1, 0.15) is 11.4 Å². The number of aromatic amines is 1. The van der Waals surface area contributed by atoms with Crippen LogP contribution in [0.3, 0.4) is 0 Å². The number of hydrogen-bond donors (Lipinski definition) is 2. The quantitative estimate of drug-likeness (QED) is 0.894. The third kappa shape index (κ3) is 3.43. The van der Waals surface area contributed by atoms with E-state index in [1.807, 2.05) is 4.90 Å². The number of rotatable bonds is 3. The van der Waals surface area contributed by atoms with Gasteiger partial charge in [-0.15, -0.1) is 0 Å². The Balaban J connectivity index is 1.66. The molecule has 1 aromatic heterocycles. The molecule has 1 atom stereocenters. The number of amides is 1. The molecule has 0 aliphatic carbocycles. The lowest BCUT2D eigenvalue weighted by Gasteiger charge is -2.19. The topological polar surface area (TPSA) is 65.2 Å². The summed E-state index contributed by atoms with van der Waals surface area (Å²) < 4.78 is 13.6. The number of aromatic nitrogens is 1. The number of aryl methyl sites for hydroxylation is 1. The standard InChI is InChI=1S/C17H17ClFN3O2/c1-10-6-16(23)13(8-20-10)17(24)21-11-4-5-22(9-11)12-2-3-14(18)15(19)7-12/h2-3,6-8,11H,4-5,9H2,1H3,(H,20,23)(H,21,24). The van der Waals surface area contributed by atoms with Gasteiger partial charge in [-0.2, -0.15) is 0 Å². The van der Waals surface area contributed by atoms with Gasteiger partial charge in [-0.3, -0.25) is 9.59 Å². The Labute approximate surface area is 143 Å². The molecule has 1 aliphatic rings. The van der Waals surface area contributed by atoms with E-state index < -0.39 is 11.7 Å². The van der Waals surface area contributed by atoms with Crippen LogP contribution in [0.25, 0.3) is 0 Å².